The number of likely N-dealkylation sites (tertiary alicyclic amines) is 1. The number of nitrogens with zero attached hydrogens (tertiary/aromatic N) is 1. The third-order valence-electron chi connectivity index (χ3n) is 4.17. The second kappa shape index (κ2) is 5.96. The molecule has 2 nitrogen and oxygen atoms in total. The summed E-state index contributed by atoms with van der Waals surface area (Å²) in [5.41, 5.74) is 1.45. The fourth-order valence-electron chi connectivity index (χ4n) is 2.98. The number of fused-ring (bicyclic) bond motifs is 1. The van der Waals surface area contributed by atoms with Crippen LogP contribution >= 0.6 is 27.3 Å². The summed E-state index contributed by atoms with van der Waals surface area (Å²) in [7, 11) is 0. The zero-order chi connectivity index (χ0) is 13.2. The molecule has 1 aliphatic heterocycles. The molecule has 0 radical (unpaired) electrons. The Kier molecular flexibility index (Phi) is 4.27. The number of halogens is 1. The first-order valence-electron chi connectivity index (χ1n) is 7.29. The normalized spacial score (nSPS) is 21.0. The minimum absolute atomic E-state index is 0.262. The number of amides is 1. The molecule has 0 unspecified atom stereocenters. The fourth-order valence-corrected chi connectivity index (χ4v) is 4.61. The van der Waals surface area contributed by atoms with Gasteiger partial charge in [0.15, 0.2) is 0 Å². The van der Waals surface area contributed by atoms with Crippen LogP contribution in [0.2, 0.25) is 0 Å². The van der Waals surface area contributed by atoms with Crippen LogP contribution in [-0.2, 0) is 12.8 Å². The predicted molar refractivity (Wildman–Crippen MR) is 83.4 cm³/mol. The van der Waals surface area contributed by atoms with Crippen molar-refractivity contribution in [1.82, 2.24) is 4.90 Å². The molecule has 0 atom stereocenters. The van der Waals surface area contributed by atoms with Crippen molar-refractivity contribution in [3.63, 3.8) is 0 Å². The van der Waals surface area contributed by atoms with Gasteiger partial charge >= 0.3 is 0 Å². The molecule has 0 saturated carbocycles. The number of rotatable bonds is 1. The summed E-state index contributed by atoms with van der Waals surface area (Å²) in [4.78, 5) is 17.6. The highest BCUT2D eigenvalue weighted by Crippen LogP contribution is 2.30. The van der Waals surface area contributed by atoms with Gasteiger partial charge < -0.3 is 4.90 Å². The Labute approximate surface area is 127 Å². The second-order valence-electron chi connectivity index (χ2n) is 5.59. The Morgan fingerprint density at radius 1 is 1.21 bits per heavy atom. The molecule has 2 aliphatic rings. The van der Waals surface area contributed by atoms with Gasteiger partial charge in [0.2, 0.25) is 0 Å². The van der Waals surface area contributed by atoms with E-state index in [1.807, 2.05) is 4.90 Å². The fraction of sp³-hybridized carbons (Fsp3) is 0.667. The maximum Gasteiger partial charge on any atom is 0.263 e. The third kappa shape index (κ3) is 3.05. The standard InChI is InChI=1S/C15H20BrNOS/c16-12-6-8-17(9-7-12)15(18)14-10-11-4-2-1-3-5-13(11)19-14/h10,12H,1-9H2. The van der Waals surface area contributed by atoms with E-state index in [0.717, 1.165) is 30.8 Å². The van der Waals surface area contributed by atoms with Crippen LogP contribution in [0, 0.1) is 0 Å². The van der Waals surface area contributed by atoms with Gasteiger partial charge in [-0.15, -0.1) is 11.3 Å². The lowest BCUT2D eigenvalue weighted by Gasteiger charge is -2.29. The van der Waals surface area contributed by atoms with E-state index in [1.165, 1.54) is 42.5 Å². The van der Waals surface area contributed by atoms with Gasteiger partial charge in [-0.05, 0) is 50.2 Å². The van der Waals surface area contributed by atoms with Crippen molar-refractivity contribution in [2.45, 2.75) is 49.8 Å². The van der Waals surface area contributed by atoms with Crippen molar-refractivity contribution in [1.29, 1.82) is 0 Å². The van der Waals surface area contributed by atoms with Crippen LogP contribution in [0.5, 0.6) is 0 Å². The quantitative estimate of drug-likeness (QED) is 0.558. The number of carbonyl (C=O) groups is 1. The number of alkyl halides is 1. The Bertz CT molecular complexity index is 439. The Balaban J connectivity index is 1.73. The van der Waals surface area contributed by atoms with Gasteiger partial charge in [0.05, 0.1) is 4.88 Å². The molecule has 1 amide bonds. The smallest absolute Gasteiger partial charge is 0.263 e. The first-order valence-corrected chi connectivity index (χ1v) is 9.02. The van der Waals surface area contributed by atoms with E-state index < -0.39 is 0 Å². The zero-order valence-electron chi connectivity index (χ0n) is 11.2. The van der Waals surface area contributed by atoms with E-state index in [4.69, 9.17) is 0 Å². The summed E-state index contributed by atoms with van der Waals surface area (Å²) < 4.78 is 0. The molecule has 2 heterocycles. The van der Waals surface area contributed by atoms with E-state index in [9.17, 15) is 4.79 Å². The molecule has 0 aromatic carbocycles. The first kappa shape index (κ1) is 13.6. The first-order chi connectivity index (χ1) is 9.24. The Hall–Kier alpha value is -0.350. The van der Waals surface area contributed by atoms with Gasteiger partial charge in [-0.2, -0.15) is 0 Å². The average Bonchev–Trinajstić information content (AvgIpc) is 2.70. The summed E-state index contributed by atoms with van der Waals surface area (Å²) in [5.74, 6) is 0.262. The molecule has 19 heavy (non-hydrogen) atoms. The van der Waals surface area contributed by atoms with Crippen LogP contribution in [0.4, 0.5) is 0 Å². The SMILES string of the molecule is O=C(c1cc2c(s1)CCCCC2)N1CCC(Br)CC1. The number of aryl methyl sites for hydroxylation is 2. The summed E-state index contributed by atoms with van der Waals surface area (Å²) >= 11 is 5.39. The molecule has 1 saturated heterocycles. The molecular weight excluding hydrogens is 322 g/mol. The van der Waals surface area contributed by atoms with Crippen molar-refractivity contribution >= 4 is 33.2 Å². The van der Waals surface area contributed by atoms with Crippen LogP contribution in [0.1, 0.15) is 52.2 Å². The molecule has 1 aromatic rings. The van der Waals surface area contributed by atoms with Crippen molar-refractivity contribution in [2.75, 3.05) is 13.1 Å². The highest BCUT2D eigenvalue weighted by Gasteiger charge is 2.24. The second-order valence-corrected chi connectivity index (χ2v) is 8.02. The zero-order valence-corrected chi connectivity index (χ0v) is 13.6. The lowest BCUT2D eigenvalue weighted by Crippen LogP contribution is -2.38. The van der Waals surface area contributed by atoms with Gasteiger partial charge in [0.25, 0.3) is 5.91 Å². The summed E-state index contributed by atoms with van der Waals surface area (Å²) in [6, 6.07) is 2.17. The lowest BCUT2D eigenvalue weighted by molar-refractivity contribution is 0.0733. The molecule has 4 heteroatoms. The van der Waals surface area contributed by atoms with Crippen LogP contribution < -0.4 is 0 Å². The molecule has 0 bridgehead atoms. The maximum atomic E-state index is 12.5. The summed E-state index contributed by atoms with van der Waals surface area (Å²) in [6.45, 7) is 1.80. The number of hydrogen-bond donors (Lipinski definition) is 0. The van der Waals surface area contributed by atoms with Gasteiger partial charge in [-0.25, -0.2) is 0 Å². The number of hydrogen-bond acceptors (Lipinski definition) is 2. The van der Waals surface area contributed by atoms with Crippen LogP contribution in [0.3, 0.4) is 0 Å². The molecule has 1 aliphatic carbocycles. The molecule has 0 spiro atoms. The third-order valence-corrected chi connectivity index (χ3v) is 6.31. The van der Waals surface area contributed by atoms with Gasteiger partial charge in [-0.3, -0.25) is 4.79 Å². The highest BCUT2D eigenvalue weighted by molar-refractivity contribution is 9.09. The van der Waals surface area contributed by atoms with E-state index in [1.54, 1.807) is 11.3 Å². The van der Waals surface area contributed by atoms with Gasteiger partial charge in [0, 0.05) is 22.8 Å². The van der Waals surface area contributed by atoms with Gasteiger partial charge in [-0.1, -0.05) is 22.4 Å². The summed E-state index contributed by atoms with van der Waals surface area (Å²) in [5, 5.41) is 0. The average molecular weight is 342 g/mol. The van der Waals surface area contributed by atoms with Crippen molar-refractivity contribution in [3.8, 4) is 0 Å². The molecule has 1 fully saturated rings. The Morgan fingerprint density at radius 2 is 1.95 bits per heavy atom. The summed E-state index contributed by atoms with van der Waals surface area (Å²) in [6.07, 6.45) is 8.42. The largest absolute Gasteiger partial charge is 0.338 e. The minimum atomic E-state index is 0.262. The molecule has 1 aromatic heterocycles. The molecule has 0 N–H and O–H groups in total. The van der Waals surface area contributed by atoms with Crippen molar-refractivity contribution < 1.29 is 4.79 Å². The van der Waals surface area contributed by atoms with Crippen LogP contribution in [0.15, 0.2) is 6.07 Å². The number of piperidine rings is 1. The van der Waals surface area contributed by atoms with E-state index in [-0.39, 0.29) is 5.91 Å². The van der Waals surface area contributed by atoms with E-state index in [2.05, 4.69) is 22.0 Å². The van der Waals surface area contributed by atoms with Crippen molar-refractivity contribution in [2.24, 2.45) is 0 Å². The Morgan fingerprint density at radius 3 is 2.74 bits per heavy atom. The highest BCUT2D eigenvalue weighted by atomic mass is 79.9. The molecular formula is C15H20BrNOS. The topological polar surface area (TPSA) is 20.3 Å². The molecule has 104 valence electrons. The van der Waals surface area contributed by atoms with Gasteiger partial charge in [0.1, 0.15) is 0 Å². The monoisotopic (exact) mass is 341 g/mol. The number of thiophene rings is 1. The maximum absolute atomic E-state index is 12.5. The van der Waals surface area contributed by atoms with Crippen LogP contribution in [0.25, 0.3) is 0 Å². The molecule has 3 rings (SSSR count). The van der Waals surface area contributed by atoms with E-state index >= 15 is 0 Å². The predicted octanol–water partition coefficient (Wildman–Crippen LogP) is 4.02. The lowest BCUT2D eigenvalue weighted by atomic mass is 10.1. The van der Waals surface area contributed by atoms with Crippen LogP contribution in [-0.4, -0.2) is 28.7 Å². The van der Waals surface area contributed by atoms with E-state index in [0.29, 0.717) is 4.83 Å². The van der Waals surface area contributed by atoms with Crippen molar-refractivity contribution in [3.05, 3.63) is 21.4 Å². The number of carbonyl (C=O) groups excluding carboxylic acids is 1. The minimum Gasteiger partial charge on any atom is -0.338 e.